The van der Waals surface area contributed by atoms with Gasteiger partial charge in [-0.05, 0) is 37.8 Å². The average molecular weight is 489 g/mol. The van der Waals surface area contributed by atoms with E-state index >= 15 is 0 Å². The van der Waals surface area contributed by atoms with Gasteiger partial charge in [-0.3, -0.25) is 4.79 Å². The van der Waals surface area contributed by atoms with Gasteiger partial charge in [-0.25, -0.2) is 18.1 Å². The number of hydrogen-bond donors (Lipinski definition) is 1. The van der Waals surface area contributed by atoms with Crippen molar-refractivity contribution in [2.24, 2.45) is 0 Å². The molecule has 1 amide bonds. The quantitative estimate of drug-likeness (QED) is 0.395. The standard InChI is InChI=1S/C27H28N4O3S/c1-19-25-23(27(32)28-15-8-11-20-9-4-2-5-10-20)17-24(21-12-6-3-7-13-21)29-26(25)31(30-19)22-14-16-35(33,34)18-22/h2-7,9-10,12-13,17,22H,8,11,14-16,18H2,1H3,(H,28,32)/t22-/m1/s1. The highest BCUT2D eigenvalue weighted by atomic mass is 32.2. The van der Waals surface area contributed by atoms with Crippen LogP contribution in [0, 0.1) is 6.92 Å². The fraction of sp³-hybridized carbons (Fsp3) is 0.296. The van der Waals surface area contributed by atoms with Gasteiger partial charge in [0.15, 0.2) is 15.5 Å². The zero-order chi connectivity index (χ0) is 24.4. The maximum Gasteiger partial charge on any atom is 0.252 e. The SMILES string of the molecule is Cc1nn([C@@H]2CCS(=O)(=O)C2)c2nc(-c3ccccc3)cc(C(=O)NCCCc3ccccc3)c12. The van der Waals surface area contributed by atoms with Gasteiger partial charge < -0.3 is 5.32 Å². The van der Waals surface area contributed by atoms with Crippen LogP contribution in [0.25, 0.3) is 22.3 Å². The molecule has 2 aromatic carbocycles. The number of aryl methyl sites for hydroxylation is 2. The third-order valence-corrected chi connectivity index (χ3v) is 8.23. The van der Waals surface area contributed by atoms with Gasteiger partial charge in [0.1, 0.15) is 0 Å². The Balaban J connectivity index is 1.48. The Labute approximate surface area is 205 Å². The number of carbonyl (C=O) groups is 1. The molecule has 2 aromatic heterocycles. The summed E-state index contributed by atoms with van der Waals surface area (Å²) in [7, 11) is -3.10. The fourth-order valence-corrected chi connectivity index (χ4v) is 6.40. The van der Waals surface area contributed by atoms with Crippen molar-refractivity contribution in [3.05, 3.63) is 83.6 Å². The maximum absolute atomic E-state index is 13.4. The summed E-state index contributed by atoms with van der Waals surface area (Å²) in [5, 5.41) is 8.40. The number of amides is 1. The molecule has 0 bridgehead atoms. The van der Waals surface area contributed by atoms with Crippen molar-refractivity contribution in [1.82, 2.24) is 20.1 Å². The first-order valence-electron chi connectivity index (χ1n) is 11.9. The van der Waals surface area contributed by atoms with Crippen LogP contribution in [0.2, 0.25) is 0 Å². The summed E-state index contributed by atoms with van der Waals surface area (Å²) >= 11 is 0. The Morgan fingerprint density at radius 1 is 1.09 bits per heavy atom. The van der Waals surface area contributed by atoms with Crippen LogP contribution in [0.1, 0.15) is 40.5 Å². The second-order valence-corrected chi connectivity index (χ2v) is 11.3. The van der Waals surface area contributed by atoms with E-state index in [1.54, 1.807) is 4.68 Å². The summed E-state index contributed by atoms with van der Waals surface area (Å²) in [6.07, 6.45) is 2.21. The van der Waals surface area contributed by atoms with E-state index in [-0.39, 0.29) is 23.5 Å². The van der Waals surface area contributed by atoms with Crippen LogP contribution in [0.15, 0.2) is 66.7 Å². The van der Waals surface area contributed by atoms with Gasteiger partial charge in [-0.1, -0.05) is 60.7 Å². The normalized spacial score (nSPS) is 17.0. The number of rotatable bonds is 7. The molecule has 1 aliphatic rings. The third-order valence-electron chi connectivity index (χ3n) is 6.48. The monoisotopic (exact) mass is 488 g/mol. The number of benzene rings is 2. The smallest absolute Gasteiger partial charge is 0.252 e. The number of hydrogen-bond acceptors (Lipinski definition) is 5. The van der Waals surface area contributed by atoms with Crippen molar-refractivity contribution in [2.45, 2.75) is 32.2 Å². The van der Waals surface area contributed by atoms with Crippen LogP contribution in [0.4, 0.5) is 0 Å². The minimum atomic E-state index is -3.10. The largest absolute Gasteiger partial charge is 0.352 e. The number of nitrogens with zero attached hydrogens (tertiary/aromatic N) is 3. The Hall–Kier alpha value is -3.52. The van der Waals surface area contributed by atoms with E-state index in [1.807, 2.05) is 61.5 Å². The van der Waals surface area contributed by atoms with Crippen molar-refractivity contribution in [3.63, 3.8) is 0 Å². The summed E-state index contributed by atoms with van der Waals surface area (Å²) < 4.78 is 26.0. The maximum atomic E-state index is 13.4. The summed E-state index contributed by atoms with van der Waals surface area (Å²) in [5.41, 5.74) is 4.53. The molecular formula is C27H28N4O3S. The van der Waals surface area contributed by atoms with Gasteiger partial charge in [0.25, 0.3) is 5.91 Å². The molecule has 1 aliphatic heterocycles. The first kappa shape index (κ1) is 23.2. The van der Waals surface area contributed by atoms with E-state index in [9.17, 15) is 13.2 Å². The Morgan fingerprint density at radius 2 is 1.80 bits per heavy atom. The number of aromatic nitrogens is 3. The first-order valence-corrected chi connectivity index (χ1v) is 13.7. The Morgan fingerprint density at radius 3 is 2.49 bits per heavy atom. The minimum absolute atomic E-state index is 0.0431. The number of nitrogens with one attached hydrogen (secondary N) is 1. The molecule has 180 valence electrons. The van der Waals surface area contributed by atoms with Gasteiger partial charge in [0.05, 0.1) is 39.9 Å². The molecule has 1 fully saturated rings. The van der Waals surface area contributed by atoms with Gasteiger partial charge in [0, 0.05) is 12.1 Å². The second-order valence-electron chi connectivity index (χ2n) is 9.05. The molecule has 1 saturated heterocycles. The van der Waals surface area contributed by atoms with Crippen LogP contribution in [0.5, 0.6) is 0 Å². The first-order chi connectivity index (χ1) is 16.9. The molecule has 0 spiro atoms. The number of carbonyl (C=O) groups excluding carboxylic acids is 1. The van der Waals surface area contributed by atoms with Crippen LogP contribution in [0.3, 0.4) is 0 Å². The molecule has 0 saturated carbocycles. The van der Waals surface area contributed by atoms with Crippen LogP contribution < -0.4 is 5.32 Å². The summed E-state index contributed by atoms with van der Waals surface area (Å²) in [6.45, 7) is 2.39. The molecule has 0 aliphatic carbocycles. The molecule has 8 heteroatoms. The van der Waals surface area contributed by atoms with Crippen LogP contribution in [-0.2, 0) is 16.3 Å². The van der Waals surface area contributed by atoms with Crippen molar-refractivity contribution < 1.29 is 13.2 Å². The molecule has 0 unspecified atom stereocenters. The predicted molar refractivity (Wildman–Crippen MR) is 137 cm³/mol. The summed E-state index contributed by atoms with van der Waals surface area (Å²) in [5.74, 6) is 0.0106. The number of fused-ring (bicyclic) bond motifs is 1. The third kappa shape index (κ3) is 4.98. The second kappa shape index (κ2) is 9.62. The molecule has 3 heterocycles. The highest BCUT2D eigenvalue weighted by Gasteiger charge is 2.32. The number of sulfone groups is 1. The molecular weight excluding hydrogens is 460 g/mol. The highest BCUT2D eigenvalue weighted by Crippen LogP contribution is 2.32. The van der Waals surface area contributed by atoms with E-state index in [0.29, 0.717) is 41.0 Å². The van der Waals surface area contributed by atoms with E-state index < -0.39 is 9.84 Å². The van der Waals surface area contributed by atoms with Crippen LogP contribution in [-0.4, -0.2) is 47.1 Å². The molecule has 7 nitrogen and oxygen atoms in total. The summed E-state index contributed by atoms with van der Waals surface area (Å²) in [6, 6.07) is 21.4. The Kier molecular flexibility index (Phi) is 6.38. The predicted octanol–water partition coefficient (Wildman–Crippen LogP) is 4.13. The lowest BCUT2D eigenvalue weighted by Crippen LogP contribution is -2.25. The van der Waals surface area contributed by atoms with E-state index in [0.717, 1.165) is 18.4 Å². The molecule has 0 radical (unpaired) electrons. The van der Waals surface area contributed by atoms with E-state index in [1.165, 1.54) is 5.56 Å². The molecule has 1 N–H and O–H groups in total. The van der Waals surface area contributed by atoms with E-state index in [2.05, 4.69) is 22.5 Å². The average Bonchev–Trinajstić information content (AvgIpc) is 3.41. The topological polar surface area (TPSA) is 93.9 Å². The van der Waals surface area contributed by atoms with Crippen molar-refractivity contribution in [3.8, 4) is 11.3 Å². The van der Waals surface area contributed by atoms with Gasteiger partial charge in [-0.2, -0.15) is 5.10 Å². The highest BCUT2D eigenvalue weighted by molar-refractivity contribution is 7.91. The fourth-order valence-electron chi connectivity index (χ4n) is 4.71. The van der Waals surface area contributed by atoms with Crippen molar-refractivity contribution in [1.29, 1.82) is 0 Å². The van der Waals surface area contributed by atoms with E-state index in [4.69, 9.17) is 4.98 Å². The lowest BCUT2D eigenvalue weighted by Gasteiger charge is -2.12. The molecule has 1 atom stereocenters. The van der Waals surface area contributed by atoms with Gasteiger partial charge >= 0.3 is 0 Å². The zero-order valence-corrected chi connectivity index (χ0v) is 20.5. The summed E-state index contributed by atoms with van der Waals surface area (Å²) in [4.78, 5) is 18.2. The Bertz CT molecular complexity index is 1460. The molecule has 5 rings (SSSR count). The van der Waals surface area contributed by atoms with Crippen molar-refractivity contribution in [2.75, 3.05) is 18.1 Å². The van der Waals surface area contributed by atoms with Gasteiger partial charge in [-0.15, -0.1) is 0 Å². The number of pyridine rings is 1. The van der Waals surface area contributed by atoms with Crippen molar-refractivity contribution >= 4 is 26.8 Å². The van der Waals surface area contributed by atoms with Gasteiger partial charge in [0.2, 0.25) is 0 Å². The zero-order valence-electron chi connectivity index (χ0n) is 19.6. The molecule has 4 aromatic rings. The minimum Gasteiger partial charge on any atom is -0.352 e. The lowest BCUT2D eigenvalue weighted by molar-refractivity contribution is 0.0954. The molecule has 35 heavy (non-hydrogen) atoms. The lowest BCUT2D eigenvalue weighted by atomic mass is 10.0. The van der Waals surface area contributed by atoms with Crippen LogP contribution >= 0.6 is 0 Å².